The Morgan fingerprint density at radius 1 is 1.24 bits per heavy atom. The molecule has 4 nitrogen and oxygen atoms in total. The zero-order valence-electron chi connectivity index (χ0n) is 8.81. The summed E-state index contributed by atoms with van der Waals surface area (Å²) >= 11 is 5.89. The van der Waals surface area contributed by atoms with Gasteiger partial charge in [-0.15, -0.1) is 0 Å². The molecular weight excluding hydrogens is 240 g/mol. The lowest BCUT2D eigenvalue weighted by Gasteiger charge is -2.08. The lowest BCUT2D eigenvalue weighted by atomic mass is 10.2. The minimum atomic E-state index is 0.247. The van der Waals surface area contributed by atoms with Crippen LogP contribution in [-0.4, -0.2) is 11.8 Å². The minimum Gasteiger partial charge on any atom is -0.454 e. The highest BCUT2D eigenvalue weighted by Crippen LogP contribution is 2.39. The number of aromatic nitrogens is 1. The number of rotatable bonds is 2. The van der Waals surface area contributed by atoms with E-state index in [4.69, 9.17) is 21.1 Å². The number of ether oxygens (including phenoxy) is 2. The van der Waals surface area contributed by atoms with E-state index in [0.29, 0.717) is 16.6 Å². The Morgan fingerprint density at radius 3 is 3.06 bits per heavy atom. The van der Waals surface area contributed by atoms with E-state index >= 15 is 0 Å². The highest BCUT2D eigenvalue weighted by molar-refractivity contribution is 6.30. The van der Waals surface area contributed by atoms with Gasteiger partial charge in [-0.25, -0.2) is 4.98 Å². The van der Waals surface area contributed by atoms with Crippen molar-refractivity contribution >= 4 is 23.1 Å². The number of halogens is 1. The number of hydrogen-bond acceptors (Lipinski definition) is 4. The molecule has 1 N–H and O–H groups in total. The number of nitrogens with one attached hydrogen (secondary N) is 1. The first-order chi connectivity index (χ1) is 8.33. The maximum atomic E-state index is 5.89. The van der Waals surface area contributed by atoms with Gasteiger partial charge in [0.1, 0.15) is 5.82 Å². The van der Waals surface area contributed by atoms with Crippen molar-refractivity contribution in [2.75, 3.05) is 12.1 Å². The molecular formula is C12H9ClN2O2. The number of benzene rings is 1. The lowest BCUT2D eigenvalue weighted by molar-refractivity contribution is 0.174. The fourth-order valence-corrected chi connectivity index (χ4v) is 1.80. The summed E-state index contributed by atoms with van der Waals surface area (Å²) < 4.78 is 10.7. The second-order valence-corrected chi connectivity index (χ2v) is 3.96. The molecule has 0 saturated carbocycles. The predicted octanol–water partition coefficient (Wildman–Crippen LogP) is 3.21. The largest absolute Gasteiger partial charge is 0.454 e. The zero-order valence-corrected chi connectivity index (χ0v) is 9.57. The molecule has 5 heteroatoms. The molecule has 1 aromatic heterocycles. The molecule has 0 spiro atoms. The van der Waals surface area contributed by atoms with Crippen LogP contribution < -0.4 is 14.8 Å². The van der Waals surface area contributed by atoms with E-state index in [1.165, 1.54) is 0 Å². The van der Waals surface area contributed by atoms with Crippen molar-refractivity contribution in [1.82, 2.24) is 4.98 Å². The van der Waals surface area contributed by atoms with Crippen molar-refractivity contribution in [2.24, 2.45) is 0 Å². The standard InChI is InChI=1S/C12H9ClN2O2/c13-8-4-5-14-11(6-8)15-9-2-1-3-10-12(9)17-7-16-10/h1-6H,7H2,(H,14,15). The van der Waals surface area contributed by atoms with Gasteiger partial charge in [-0.3, -0.25) is 0 Å². The summed E-state index contributed by atoms with van der Waals surface area (Å²) in [6.45, 7) is 0.247. The zero-order chi connectivity index (χ0) is 11.7. The molecule has 2 heterocycles. The lowest BCUT2D eigenvalue weighted by Crippen LogP contribution is -1.96. The molecule has 0 atom stereocenters. The van der Waals surface area contributed by atoms with Crippen molar-refractivity contribution in [3.05, 3.63) is 41.6 Å². The first-order valence-corrected chi connectivity index (χ1v) is 5.48. The van der Waals surface area contributed by atoms with Gasteiger partial charge >= 0.3 is 0 Å². The molecule has 0 aliphatic carbocycles. The van der Waals surface area contributed by atoms with E-state index in [9.17, 15) is 0 Å². The van der Waals surface area contributed by atoms with Crippen LogP contribution in [0.1, 0.15) is 0 Å². The van der Waals surface area contributed by atoms with E-state index in [2.05, 4.69) is 10.3 Å². The Bertz CT molecular complexity index is 560. The van der Waals surface area contributed by atoms with Gasteiger partial charge < -0.3 is 14.8 Å². The summed E-state index contributed by atoms with van der Waals surface area (Å²) in [5.74, 6) is 2.10. The number of para-hydroxylation sites is 1. The smallest absolute Gasteiger partial charge is 0.231 e. The summed E-state index contributed by atoms with van der Waals surface area (Å²) in [4.78, 5) is 4.17. The predicted molar refractivity (Wildman–Crippen MR) is 65.1 cm³/mol. The minimum absolute atomic E-state index is 0.247. The molecule has 17 heavy (non-hydrogen) atoms. The van der Waals surface area contributed by atoms with Crippen molar-refractivity contribution in [3.8, 4) is 11.5 Å². The van der Waals surface area contributed by atoms with Gasteiger partial charge in [0.15, 0.2) is 11.5 Å². The maximum Gasteiger partial charge on any atom is 0.231 e. The first kappa shape index (κ1) is 10.2. The van der Waals surface area contributed by atoms with Gasteiger partial charge in [0, 0.05) is 11.2 Å². The molecule has 2 aromatic rings. The van der Waals surface area contributed by atoms with Crippen LogP contribution in [0.25, 0.3) is 0 Å². The fourth-order valence-electron chi connectivity index (χ4n) is 1.64. The van der Waals surface area contributed by atoms with Crippen LogP contribution in [-0.2, 0) is 0 Å². The van der Waals surface area contributed by atoms with Crippen LogP contribution >= 0.6 is 11.6 Å². The molecule has 0 radical (unpaired) electrons. The molecule has 0 unspecified atom stereocenters. The quantitative estimate of drug-likeness (QED) is 0.886. The second kappa shape index (κ2) is 4.14. The summed E-state index contributed by atoms with van der Waals surface area (Å²) in [7, 11) is 0. The maximum absolute atomic E-state index is 5.89. The van der Waals surface area contributed by atoms with E-state index in [1.807, 2.05) is 18.2 Å². The topological polar surface area (TPSA) is 43.4 Å². The third kappa shape index (κ3) is 1.99. The Kier molecular flexibility index (Phi) is 2.49. The normalized spacial score (nSPS) is 12.5. The average Bonchev–Trinajstić information content (AvgIpc) is 2.78. The molecule has 86 valence electrons. The van der Waals surface area contributed by atoms with E-state index in [1.54, 1.807) is 18.3 Å². The van der Waals surface area contributed by atoms with Gasteiger partial charge in [-0.2, -0.15) is 0 Å². The Morgan fingerprint density at radius 2 is 2.18 bits per heavy atom. The van der Waals surface area contributed by atoms with Crippen molar-refractivity contribution in [1.29, 1.82) is 0 Å². The molecule has 3 rings (SSSR count). The number of nitrogens with zero attached hydrogens (tertiary/aromatic N) is 1. The van der Waals surface area contributed by atoms with Crippen molar-refractivity contribution in [3.63, 3.8) is 0 Å². The molecule has 0 fully saturated rings. The molecule has 1 aliphatic heterocycles. The summed E-state index contributed by atoms with van der Waals surface area (Å²) in [6.07, 6.45) is 1.64. The summed E-state index contributed by atoms with van der Waals surface area (Å²) in [5, 5.41) is 3.78. The number of anilines is 2. The monoisotopic (exact) mass is 248 g/mol. The molecule has 0 bridgehead atoms. The van der Waals surface area contributed by atoms with Crippen LogP contribution in [0.15, 0.2) is 36.5 Å². The number of hydrogen-bond donors (Lipinski definition) is 1. The summed E-state index contributed by atoms with van der Waals surface area (Å²) in [5.41, 5.74) is 0.815. The van der Waals surface area contributed by atoms with Crippen LogP contribution in [0.4, 0.5) is 11.5 Å². The van der Waals surface area contributed by atoms with Gasteiger partial charge in [-0.1, -0.05) is 17.7 Å². The Balaban J connectivity index is 1.93. The SMILES string of the molecule is Clc1ccnc(Nc2cccc3c2OCO3)c1. The first-order valence-electron chi connectivity index (χ1n) is 5.10. The highest BCUT2D eigenvalue weighted by Gasteiger charge is 2.17. The number of fused-ring (bicyclic) bond motifs is 1. The van der Waals surface area contributed by atoms with E-state index < -0.39 is 0 Å². The molecule has 1 aliphatic rings. The Hall–Kier alpha value is -1.94. The van der Waals surface area contributed by atoms with Gasteiger partial charge in [0.25, 0.3) is 0 Å². The third-order valence-electron chi connectivity index (χ3n) is 2.38. The molecule has 0 amide bonds. The van der Waals surface area contributed by atoms with Crippen LogP contribution in [0.3, 0.4) is 0 Å². The van der Waals surface area contributed by atoms with Gasteiger partial charge in [0.05, 0.1) is 5.69 Å². The van der Waals surface area contributed by atoms with E-state index in [-0.39, 0.29) is 6.79 Å². The van der Waals surface area contributed by atoms with Gasteiger partial charge in [-0.05, 0) is 24.3 Å². The van der Waals surface area contributed by atoms with Gasteiger partial charge in [0.2, 0.25) is 6.79 Å². The van der Waals surface area contributed by atoms with Crippen molar-refractivity contribution in [2.45, 2.75) is 0 Å². The number of pyridine rings is 1. The second-order valence-electron chi connectivity index (χ2n) is 3.52. The van der Waals surface area contributed by atoms with Crippen molar-refractivity contribution < 1.29 is 9.47 Å². The summed E-state index contributed by atoms with van der Waals surface area (Å²) in [6, 6.07) is 9.12. The average molecular weight is 249 g/mol. The molecule has 1 aromatic carbocycles. The van der Waals surface area contributed by atoms with Crippen LogP contribution in [0.2, 0.25) is 5.02 Å². The van der Waals surface area contributed by atoms with E-state index in [0.717, 1.165) is 11.4 Å². The Labute approximate surface area is 103 Å². The highest BCUT2D eigenvalue weighted by atomic mass is 35.5. The molecule has 0 saturated heterocycles. The van der Waals surface area contributed by atoms with Crippen LogP contribution in [0, 0.1) is 0 Å². The van der Waals surface area contributed by atoms with Crippen LogP contribution in [0.5, 0.6) is 11.5 Å². The fraction of sp³-hybridized carbons (Fsp3) is 0.0833. The third-order valence-corrected chi connectivity index (χ3v) is 2.62.